The van der Waals surface area contributed by atoms with Crippen molar-refractivity contribution in [1.82, 2.24) is 4.90 Å². The van der Waals surface area contributed by atoms with Crippen LogP contribution in [0.4, 0.5) is 0 Å². The summed E-state index contributed by atoms with van der Waals surface area (Å²) in [7, 11) is 3.96. The third-order valence-electron chi connectivity index (χ3n) is 0.872. The van der Waals surface area contributed by atoms with Crippen LogP contribution >= 0.6 is 24.0 Å². The van der Waals surface area contributed by atoms with E-state index in [9.17, 15) is 0 Å². The minimum atomic E-state index is 0.291. The van der Waals surface area contributed by atoms with E-state index < -0.39 is 0 Å². The Morgan fingerprint density at radius 3 is 2.55 bits per heavy atom. The molecule has 0 aromatic carbocycles. The van der Waals surface area contributed by atoms with Crippen LogP contribution in [0.5, 0.6) is 0 Å². The van der Waals surface area contributed by atoms with Gasteiger partial charge < -0.3 is 0 Å². The van der Waals surface area contributed by atoms with Gasteiger partial charge in [-0.3, -0.25) is 0 Å². The quantitative estimate of drug-likeness (QED) is 0.556. The van der Waals surface area contributed by atoms with Gasteiger partial charge in [0.15, 0.2) is 0 Å². The van der Waals surface area contributed by atoms with Gasteiger partial charge in [0.1, 0.15) is 0 Å². The molecule has 0 atom stereocenters. The molecule has 0 aliphatic rings. The van der Waals surface area contributed by atoms with E-state index in [0.717, 1.165) is 9.64 Å². The molecule has 0 N–H and O–H groups in total. The fraction of sp³-hybridized carbons (Fsp3) is 0.571. The van der Waals surface area contributed by atoms with Crippen LogP contribution < -0.4 is 0 Å². The van der Waals surface area contributed by atoms with Gasteiger partial charge >= 0.3 is 84.9 Å². The third-order valence-corrected chi connectivity index (χ3v) is 5.07. The first-order valence-electron chi connectivity index (χ1n) is 3.28. The molecular weight excluding hydrogens is 241 g/mol. The molecule has 0 fully saturated rings. The van der Waals surface area contributed by atoms with Gasteiger partial charge in [-0.25, -0.2) is 0 Å². The first kappa shape index (κ1) is 11.5. The Morgan fingerprint density at radius 1 is 1.64 bits per heavy atom. The third kappa shape index (κ3) is 5.74. The second-order valence-electron chi connectivity index (χ2n) is 2.07. The second kappa shape index (κ2) is 6.06. The number of hydrogen-bond donors (Lipinski definition) is 0. The normalized spacial score (nSPS) is 9.36. The Labute approximate surface area is 84.8 Å². The molecule has 0 aliphatic heterocycles. The van der Waals surface area contributed by atoms with E-state index in [4.69, 9.17) is 12.2 Å². The standard InChI is InChI=1S/C7H13NS2Se/c1-5-10-6(2)11-7(9)8(3)4/h2,5H2,1,3-4H3. The summed E-state index contributed by atoms with van der Waals surface area (Å²) in [6, 6.07) is 0. The zero-order chi connectivity index (χ0) is 8.85. The van der Waals surface area contributed by atoms with Crippen molar-refractivity contribution >= 4 is 42.8 Å². The summed E-state index contributed by atoms with van der Waals surface area (Å²) in [6.07, 6.45) is 0. The molecule has 1 nitrogen and oxygen atoms in total. The van der Waals surface area contributed by atoms with Crippen molar-refractivity contribution in [2.75, 3.05) is 19.8 Å². The van der Waals surface area contributed by atoms with Gasteiger partial charge in [0.2, 0.25) is 0 Å². The number of nitrogens with zero attached hydrogens (tertiary/aromatic N) is 1. The summed E-state index contributed by atoms with van der Waals surface area (Å²) in [5.74, 6) is 1.09. The summed E-state index contributed by atoms with van der Waals surface area (Å²) < 4.78 is 2.24. The molecule has 0 saturated carbocycles. The molecule has 0 heterocycles. The Hall–Kier alpha value is 0.499. The first-order valence-corrected chi connectivity index (χ1v) is 6.39. The fourth-order valence-corrected chi connectivity index (χ4v) is 3.87. The maximum atomic E-state index is 5.15. The molecule has 4 heteroatoms. The molecule has 0 rings (SSSR count). The van der Waals surface area contributed by atoms with Gasteiger partial charge in [-0.15, -0.1) is 0 Å². The van der Waals surface area contributed by atoms with Crippen molar-refractivity contribution < 1.29 is 0 Å². The summed E-state index contributed by atoms with van der Waals surface area (Å²) in [5, 5.41) is 0. The Balaban J connectivity index is 3.67. The molecule has 0 saturated heterocycles. The zero-order valence-electron chi connectivity index (χ0n) is 7.09. The van der Waals surface area contributed by atoms with Crippen LogP contribution in [0.2, 0.25) is 0 Å². The predicted octanol–water partition coefficient (Wildman–Crippen LogP) is 1.76. The summed E-state index contributed by atoms with van der Waals surface area (Å²) >= 11 is 7.24. The van der Waals surface area contributed by atoms with Gasteiger partial charge in [0.05, 0.1) is 0 Å². The van der Waals surface area contributed by atoms with Gasteiger partial charge in [0.25, 0.3) is 0 Å². The van der Waals surface area contributed by atoms with Crippen LogP contribution in [0, 0.1) is 0 Å². The average Bonchev–Trinajstić information content (AvgIpc) is 1.87. The Morgan fingerprint density at radius 2 is 2.18 bits per heavy atom. The molecule has 0 amide bonds. The topological polar surface area (TPSA) is 3.24 Å². The van der Waals surface area contributed by atoms with Gasteiger partial charge in [-0.05, 0) is 0 Å². The van der Waals surface area contributed by atoms with Crippen molar-refractivity contribution in [3.63, 3.8) is 0 Å². The minimum absolute atomic E-state index is 0.291. The van der Waals surface area contributed by atoms with E-state index in [2.05, 4.69) is 13.5 Å². The van der Waals surface area contributed by atoms with Crippen LogP contribution in [0.15, 0.2) is 10.4 Å². The zero-order valence-corrected chi connectivity index (χ0v) is 10.4. The van der Waals surface area contributed by atoms with E-state index in [1.54, 1.807) is 11.8 Å². The van der Waals surface area contributed by atoms with E-state index in [1.165, 1.54) is 3.80 Å². The Kier molecular flexibility index (Phi) is 6.34. The monoisotopic (exact) mass is 255 g/mol. The SMILES string of the molecule is C=C(SCC)[Se]C(=S)N(C)C. The van der Waals surface area contributed by atoms with E-state index in [0.29, 0.717) is 15.0 Å². The molecule has 0 aromatic rings. The molecule has 11 heavy (non-hydrogen) atoms. The molecule has 0 aliphatic carbocycles. The summed E-state index contributed by atoms with van der Waals surface area (Å²) in [6.45, 7) is 6.07. The Bertz CT molecular complexity index is 157. The van der Waals surface area contributed by atoms with Crippen LogP contribution in [-0.4, -0.2) is 43.6 Å². The fourth-order valence-electron chi connectivity index (χ4n) is 0.379. The van der Waals surface area contributed by atoms with Gasteiger partial charge in [0, 0.05) is 0 Å². The van der Waals surface area contributed by atoms with E-state index >= 15 is 0 Å². The number of rotatable bonds is 4. The van der Waals surface area contributed by atoms with Crippen LogP contribution in [0.25, 0.3) is 0 Å². The molecule has 0 unspecified atom stereocenters. The average molecular weight is 254 g/mol. The van der Waals surface area contributed by atoms with Crippen molar-refractivity contribution in [3.05, 3.63) is 10.4 Å². The van der Waals surface area contributed by atoms with Crippen LogP contribution in [-0.2, 0) is 0 Å². The van der Waals surface area contributed by atoms with Gasteiger partial charge in [-0.1, -0.05) is 0 Å². The van der Waals surface area contributed by atoms with E-state index in [1.807, 2.05) is 19.0 Å². The maximum absolute atomic E-state index is 5.15. The van der Waals surface area contributed by atoms with Crippen molar-refractivity contribution in [2.24, 2.45) is 0 Å². The first-order chi connectivity index (χ1) is 5.07. The van der Waals surface area contributed by atoms with Crippen LogP contribution in [0.3, 0.4) is 0 Å². The van der Waals surface area contributed by atoms with E-state index in [-0.39, 0.29) is 0 Å². The van der Waals surface area contributed by atoms with Crippen molar-refractivity contribution in [2.45, 2.75) is 6.92 Å². The van der Waals surface area contributed by atoms with Crippen molar-refractivity contribution in [3.8, 4) is 0 Å². The summed E-state index contributed by atoms with van der Waals surface area (Å²) in [5.41, 5.74) is 0. The number of hydrogen-bond acceptors (Lipinski definition) is 2. The van der Waals surface area contributed by atoms with Crippen molar-refractivity contribution in [1.29, 1.82) is 0 Å². The molecule has 0 aromatic heterocycles. The molecule has 0 spiro atoms. The molecule has 64 valence electrons. The number of thiocarbonyl (C=S) groups is 1. The molecule has 0 bridgehead atoms. The summed E-state index contributed by atoms with van der Waals surface area (Å²) in [4.78, 5) is 1.98. The van der Waals surface area contributed by atoms with Gasteiger partial charge in [-0.2, -0.15) is 0 Å². The molecule has 0 radical (unpaired) electrons. The predicted molar refractivity (Wildman–Crippen MR) is 59.3 cm³/mol. The van der Waals surface area contributed by atoms with Crippen LogP contribution in [0.1, 0.15) is 6.92 Å². The number of thioether (sulfide) groups is 1. The second-order valence-corrected chi connectivity index (χ2v) is 7.25. The molecular formula is C7H13NS2Se.